The molecular formula is C15H13F3N2O. The largest absolute Gasteiger partial charge is 0.417 e. The van der Waals surface area contributed by atoms with Crippen molar-refractivity contribution in [3.63, 3.8) is 0 Å². The third kappa shape index (κ3) is 2.28. The fraction of sp³-hybridized carbons (Fsp3) is 0.400. The minimum Gasteiger partial charge on any atom is -0.372 e. The molecule has 1 aromatic heterocycles. The quantitative estimate of drug-likeness (QED) is 0.795. The number of benzene rings is 1. The van der Waals surface area contributed by atoms with E-state index in [-0.39, 0.29) is 11.7 Å². The molecule has 0 saturated carbocycles. The summed E-state index contributed by atoms with van der Waals surface area (Å²) < 4.78 is 44.6. The Hall–Kier alpha value is -2.00. The van der Waals surface area contributed by atoms with Gasteiger partial charge in [-0.25, -0.2) is 0 Å². The standard InChI is InChI=1S/C15H13F3N2O/c1-8-14-10(3-2-4-21-8)11-5-9(7-19)12(15(16,17)18)6-13(11)20-14/h5-6,8,20H,2-4H2,1H3. The van der Waals surface area contributed by atoms with Crippen molar-refractivity contribution in [3.8, 4) is 6.07 Å². The highest BCUT2D eigenvalue weighted by Crippen LogP contribution is 2.38. The first-order valence-electron chi connectivity index (χ1n) is 6.69. The van der Waals surface area contributed by atoms with Crippen LogP contribution in [0.15, 0.2) is 12.1 Å². The molecule has 1 atom stereocenters. The van der Waals surface area contributed by atoms with Gasteiger partial charge in [-0.1, -0.05) is 0 Å². The summed E-state index contributed by atoms with van der Waals surface area (Å²) in [6, 6.07) is 4.01. The number of hydrogen-bond acceptors (Lipinski definition) is 2. The maximum absolute atomic E-state index is 13.0. The van der Waals surface area contributed by atoms with Crippen LogP contribution >= 0.6 is 0 Å². The van der Waals surface area contributed by atoms with E-state index in [2.05, 4.69) is 4.98 Å². The molecule has 1 aliphatic rings. The molecule has 21 heavy (non-hydrogen) atoms. The summed E-state index contributed by atoms with van der Waals surface area (Å²) in [7, 11) is 0. The first-order chi connectivity index (χ1) is 9.91. The molecule has 6 heteroatoms. The molecule has 2 heterocycles. The number of aromatic amines is 1. The highest BCUT2D eigenvalue weighted by atomic mass is 19.4. The topological polar surface area (TPSA) is 48.8 Å². The van der Waals surface area contributed by atoms with Gasteiger partial charge in [0, 0.05) is 23.2 Å². The minimum atomic E-state index is -4.54. The minimum absolute atomic E-state index is 0.185. The van der Waals surface area contributed by atoms with Gasteiger partial charge in [0.2, 0.25) is 0 Å². The molecular weight excluding hydrogens is 281 g/mol. The Morgan fingerprint density at radius 1 is 1.38 bits per heavy atom. The van der Waals surface area contributed by atoms with Crippen LogP contribution in [-0.2, 0) is 17.3 Å². The maximum atomic E-state index is 13.0. The third-order valence-corrected chi connectivity index (χ3v) is 3.85. The van der Waals surface area contributed by atoms with Gasteiger partial charge in [0.05, 0.1) is 23.3 Å². The highest BCUT2D eigenvalue weighted by Gasteiger charge is 2.34. The van der Waals surface area contributed by atoms with E-state index < -0.39 is 11.7 Å². The molecule has 1 N–H and O–H groups in total. The number of hydrogen-bond donors (Lipinski definition) is 1. The van der Waals surface area contributed by atoms with Crippen molar-refractivity contribution in [2.24, 2.45) is 0 Å². The van der Waals surface area contributed by atoms with Crippen LogP contribution in [0.3, 0.4) is 0 Å². The van der Waals surface area contributed by atoms with Crippen LogP contribution in [0.2, 0.25) is 0 Å². The highest BCUT2D eigenvalue weighted by molar-refractivity contribution is 5.87. The van der Waals surface area contributed by atoms with E-state index in [0.717, 1.165) is 30.2 Å². The van der Waals surface area contributed by atoms with Crippen molar-refractivity contribution in [2.45, 2.75) is 32.0 Å². The normalized spacial score (nSPS) is 19.1. The number of aryl methyl sites for hydroxylation is 1. The molecule has 0 amide bonds. The number of alkyl halides is 3. The molecule has 0 bridgehead atoms. The van der Waals surface area contributed by atoms with Crippen molar-refractivity contribution >= 4 is 10.9 Å². The first kappa shape index (κ1) is 14.0. The van der Waals surface area contributed by atoms with E-state index in [9.17, 15) is 13.2 Å². The van der Waals surface area contributed by atoms with E-state index in [1.807, 2.05) is 6.92 Å². The Labute approximate surface area is 119 Å². The van der Waals surface area contributed by atoms with E-state index in [1.54, 1.807) is 6.07 Å². The van der Waals surface area contributed by atoms with Crippen molar-refractivity contribution in [1.82, 2.24) is 4.98 Å². The summed E-state index contributed by atoms with van der Waals surface area (Å²) >= 11 is 0. The second-order valence-corrected chi connectivity index (χ2v) is 5.19. The molecule has 3 rings (SSSR count). The summed E-state index contributed by atoms with van der Waals surface area (Å²) in [6.07, 6.45) is -3.18. The van der Waals surface area contributed by atoms with Crippen LogP contribution in [-0.4, -0.2) is 11.6 Å². The number of H-pyrrole nitrogens is 1. The summed E-state index contributed by atoms with van der Waals surface area (Å²) in [4.78, 5) is 3.04. The average molecular weight is 294 g/mol. The number of nitrogens with one attached hydrogen (secondary N) is 1. The molecule has 0 fully saturated rings. The van der Waals surface area contributed by atoms with Gasteiger partial charge in [0.25, 0.3) is 0 Å². The van der Waals surface area contributed by atoms with Gasteiger partial charge in [-0.3, -0.25) is 0 Å². The van der Waals surface area contributed by atoms with Crippen molar-refractivity contribution < 1.29 is 17.9 Å². The molecule has 0 spiro atoms. The molecule has 0 saturated heterocycles. The van der Waals surface area contributed by atoms with E-state index in [4.69, 9.17) is 10.00 Å². The fourth-order valence-electron chi connectivity index (χ4n) is 2.85. The predicted octanol–water partition coefficient (Wildman–Crippen LogP) is 4.08. The van der Waals surface area contributed by atoms with Gasteiger partial charge in [0.15, 0.2) is 0 Å². The second-order valence-electron chi connectivity index (χ2n) is 5.19. The van der Waals surface area contributed by atoms with Crippen LogP contribution in [0.5, 0.6) is 0 Å². The molecule has 0 radical (unpaired) electrons. The lowest BCUT2D eigenvalue weighted by Crippen LogP contribution is -2.07. The van der Waals surface area contributed by atoms with Gasteiger partial charge >= 0.3 is 6.18 Å². The zero-order chi connectivity index (χ0) is 15.2. The smallest absolute Gasteiger partial charge is 0.372 e. The van der Waals surface area contributed by atoms with Gasteiger partial charge in [-0.15, -0.1) is 0 Å². The summed E-state index contributed by atoms with van der Waals surface area (Å²) in [6.45, 7) is 2.49. The lowest BCUT2D eigenvalue weighted by atomic mass is 10.00. The fourth-order valence-corrected chi connectivity index (χ4v) is 2.85. The predicted molar refractivity (Wildman–Crippen MR) is 70.7 cm³/mol. The van der Waals surface area contributed by atoms with Gasteiger partial charge in [0.1, 0.15) is 0 Å². The molecule has 1 unspecified atom stereocenters. The van der Waals surface area contributed by atoms with Crippen LogP contribution < -0.4 is 0 Å². The Morgan fingerprint density at radius 2 is 2.14 bits per heavy atom. The van der Waals surface area contributed by atoms with E-state index >= 15 is 0 Å². The Kier molecular flexibility index (Phi) is 3.18. The SMILES string of the molecule is CC1OCCCc2c1[nH]c1cc(C(F)(F)F)c(C#N)cc21. The van der Waals surface area contributed by atoms with Crippen LogP contribution in [0.4, 0.5) is 13.2 Å². The lowest BCUT2D eigenvalue weighted by molar-refractivity contribution is -0.137. The number of rotatable bonds is 0. The van der Waals surface area contributed by atoms with Crippen molar-refractivity contribution in [1.29, 1.82) is 5.26 Å². The Bertz CT molecular complexity index is 740. The first-order valence-corrected chi connectivity index (χ1v) is 6.69. The number of ether oxygens (including phenoxy) is 1. The van der Waals surface area contributed by atoms with Crippen molar-refractivity contribution in [3.05, 3.63) is 34.5 Å². The van der Waals surface area contributed by atoms with Crippen LogP contribution in [0, 0.1) is 11.3 Å². The zero-order valence-corrected chi connectivity index (χ0v) is 11.3. The number of fused-ring (bicyclic) bond motifs is 3. The third-order valence-electron chi connectivity index (χ3n) is 3.85. The second kappa shape index (κ2) is 4.78. The summed E-state index contributed by atoms with van der Waals surface area (Å²) in [5.74, 6) is 0. The monoisotopic (exact) mass is 294 g/mol. The molecule has 2 aromatic rings. The maximum Gasteiger partial charge on any atom is 0.417 e. The zero-order valence-electron chi connectivity index (χ0n) is 11.3. The molecule has 1 aromatic carbocycles. The summed E-state index contributed by atoms with van der Waals surface area (Å²) in [5, 5.41) is 9.69. The summed E-state index contributed by atoms with van der Waals surface area (Å²) in [5.41, 5.74) is 0.937. The molecule has 110 valence electrons. The van der Waals surface area contributed by atoms with Gasteiger partial charge < -0.3 is 9.72 Å². The Balaban J connectivity index is 2.28. The van der Waals surface area contributed by atoms with E-state index in [1.165, 1.54) is 6.07 Å². The number of halogens is 3. The number of aromatic nitrogens is 1. The Morgan fingerprint density at radius 3 is 2.81 bits per heavy atom. The van der Waals surface area contributed by atoms with Gasteiger partial charge in [-0.05, 0) is 37.5 Å². The molecule has 1 aliphatic heterocycles. The van der Waals surface area contributed by atoms with E-state index in [0.29, 0.717) is 17.5 Å². The molecule has 0 aliphatic carbocycles. The molecule has 3 nitrogen and oxygen atoms in total. The van der Waals surface area contributed by atoms with Crippen molar-refractivity contribution in [2.75, 3.05) is 6.61 Å². The average Bonchev–Trinajstić information content (AvgIpc) is 2.69. The number of nitrogens with zero attached hydrogens (tertiary/aromatic N) is 1. The van der Waals surface area contributed by atoms with Gasteiger partial charge in [-0.2, -0.15) is 18.4 Å². The van der Waals surface area contributed by atoms with Crippen LogP contribution in [0.25, 0.3) is 10.9 Å². The number of nitriles is 1. The van der Waals surface area contributed by atoms with Crippen LogP contribution in [0.1, 0.15) is 41.8 Å². The lowest BCUT2D eigenvalue weighted by Gasteiger charge is -2.09.